The molecule has 3 aromatic rings. The fourth-order valence-electron chi connectivity index (χ4n) is 3.49. The molecule has 37 heavy (non-hydrogen) atoms. The Morgan fingerprint density at radius 1 is 1.08 bits per heavy atom. The molecular formula is C26H35FN4O4S2. The number of ether oxygens (including phenoxy) is 3. The Kier molecular flexibility index (Phi) is 12.6. The van der Waals surface area contributed by atoms with E-state index in [1.165, 1.54) is 16.3 Å². The van der Waals surface area contributed by atoms with Crippen LogP contribution in [0.3, 0.4) is 0 Å². The van der Waals surface area contributed by atoms with Gasteiger partial charge in [-0.05, 0) is 48.3 Å². The van der Waals surface area contributed by atoms with Crippen molar-refractivity contribution >= 4 is 39.4 Å². The summed E-state index contributed by atoms with van der Waals surface area (Å²) >= 11 is 1.46. The molecule has 2 aromatic carbocycles. The van der Waals surface area contributed by atoms with Gasteiger partial charge in [0.25, 0.3) is 0 Å². The van der Waals surface area contributed by atoms with E-state index in [1.807, 2.05) is 36.5 Å². The molecule has 4 N–H and O–H groups in total. The first-order chi connectivity index (χ1) is 18.1. The Bertz CT molecular complexity index is 1100. The molecule has 1 unspecified atom stereocenters. The highest BCUT2D eigenvalue weighted by Gasteiger charge is 2.32. The lowest BCUT2D eigenvalue weighted by Crippen LogP contribution is -2.43. The van der Waals surface area contributed by atoms with Crippen molar-refractivity contribution in [1.29, 1.82) is 0 Å². The van der Waals surface area contributed by atoms with Gasteiger partial charge in [-0.1, -0.05) is 18.1 Å². The summed E-state index contributed by atoms with van der Waals surface area (Å²) in [6.45, 7) is 5.13. The molecule has 0 saturated carbocycles. The number of aromatic amines is 1. The van der Waals surface area contributed by atoms with Crippen LogP contribution >= 0.6 is 22.8 Å². The van der Waals surface area contributed by atoms with Crippen LogP contribution in [0.4, 0.5) is 9.57 Å². The summed E-state index contributed by atoms with van der Waals surface area (Å²) in [4.78, 5) is 4.52. The van der Waals surface area contributed by atoms with E-state index >= 15 is 0 Å². The van der Waals surface area contributed by atoms with Gasteiger partial charge in [-0.25, -0.2) is 4.31 Å². The van der Waals surface area contributed by atoms with Crippen molar-refractivity contribution in [2.45, 2.75) is 9.79 Å². The Labute approximate surface area is 224 Å². The number of aromatic nitrogens is 1. The molecule has 1 aromatic heterocycles. The summed E-state index contributed by atoms with van der Waals surface area (Å²) in [6.07, 6.45) is 6.87. The van der Waals surface area contributed by atoms with Crippen molar-refractivity contribution in [2.24, 2.45) is 0 Å². The molecule has 2 heterocycles. The lowest BCUT2D eigenvalue weighted by molar-refractivity contribution is 0.0324. The van der Waals surface area contributed by atoms with Crippen LogP contribution in [0.5, 0.6) is 0 Å². The van der Waals surface area contributed by atoms with E-state index < -0.39 is 10.9 Å². The Balaban J connectivity index is 0.000000295. The largest absolute Gasteiger partial charge is 0.382 e. The molecule has 202 valence electrons. The van der Waals surface area contributed by atoms with E-state index in [4.69, 9.17) is 20.6 Å². The molecule has 0 aliphatic carbocycles. The number of para-hydroxylation sites is 1. The van der Waals surface area contributed by atoms with E-state index in [0.29, 0.717) is 64.1 Å². The lowest BCUT2D eigenvalue weighted by Gasteiger charge is -2.39. The van der Waals surface area contributed by atoms with Crippen molar-refractivity contribution in [3.63, 3.8) is 0 Å². The van der Waals surface area contributed by atoms with Gasteiger partial charge in [0.2, 0.25) is 0 Å². The summed E-state index contributed by atoms with van der Waals surface area (Å²) in [6, 6.07) is 15.1. The number of benzene rings is 2. The van der Waals surface area contributed by atoms with Gasteiger partial charge < -0.3 is 33.8 Å². The summed E-state index contributed by atoms with van der Waals surface area (Å²) in [7, 11) is -1.77. The molecule has 11 heteroatoms. The second-order valence-corrected chi connectivity index (χ2v) is 10.8. The molecule has 1 fully saturated rings. The zero-order valence-electron chi connectivity index (χ0n) is 21.0. The van der Waals surface area contributed by atoms with E-state index in [-0.39, 0.29) is 0 Å². The van der Waals surface area contributed by atoms with Gasteiger partial charge in [-0.2, -0.15) is 0 Å². The minimum Gasteiger partial charge on any atom is -0.382 e. The molecule has 8 nitrogen and oxygen atoms in total. The van der Waals surface area contributed by atoms with Gasteiger partial charge in [-0.15, -0.1) is 10.3 Å². The lowest BCUT2D eigenvalue weighted by atomic mass is 10.2. The van der Waals surface area contributed by atoms with Crippen LogP contribution in [-0.4, -0.2) is 80.2 Å². The number of fused-ring (bicyclic) bond motifs is 1. The molecule has 0 spiro atoms. The molecule has 1 aliphatic rings. The maximum absolute atomic E-state index is 14.9. The highest BCUT2D eigenvalue weighted by atomic mass is 32.3. The van der Waals surface area contributed by atoms with Gasteiger partial charge in [0.15, 0.2) is 0 Å². The molecule has 1 saturated heterocycles. The number of H-pyrrole nitrogens is 1. The first kappa shape index (κ1) is 29.3. The molecule has 1 aliphatic heterocycles. The maximum Gasteiger partial charge on any atom is 0.107 e. The summed E-state index contributed by atoms with van der Waals surface area (Å²) in [5.74, 6) is 2.37. The van der Waals surface area contributed by atoms with Gasteiger partial charge in [0, 0.05) is 49.8 Å². The molecule has 0 radical (unpaired) electrons. The van der Waals surface area contributed by atoms with Gasteiger partial charge in [0.1, 0.15) is 17.5 Å². The number of hydrogen-bond donors (Lipinski definition) is 4. The Hall–Kier alpha value is -2.27. The Morgan fingerprint density at radius 3 is 2.54 bits per heavy atom. The van der Waals surface area contributed by atoms with Crippen LogP contribution in [0.2, 0.25) is 0 Å². The zero-order valence-corrected chi connectivity index (χ0v) is 22.6. The topological polar surface area (TPSA) is 91.0 Å². The van der Waals surface area contributed by atoms with Crippen LogP contribution in [0.15, 0.2) is 64.5 Å². The second-order valence-electron chi connectivity index (χ2n) is 7.94. The average molecular weight is 551 g/mol. The first-order valence-electron chi connectivity index (χ1n) is 11.9. The molecule has 0 amide bonds. The predicted molar refractivity (Wildman–Crippen MR) is 151 cm³/mol. The molecular weight excluding hydrogens is 515 g/mol. The Morgan fingerprint density at radius 2 is 1.81 bits per heavy atom. The van der Waals surface area contributed by atoms with Crippen molar-refractivity contribution in [3.05, 3.63) is 54.7 Å². The first-order valence-corrected chi connectivity index (χ1v) is 14.2. The minimum atomic E-state index is -3.41. The molecule has 0 bridgehead atoms. The summed E-state index contributed by atoms with van der Waals surface area (Å²) in [5, 5.41) is 4.32. The fraction of sp³-hybridized carbons (Fsp3) is 0.385. The van der Waals surface area contributed by atoms with Crippen molar-refractivity contribution in [2.75, 3.05) is 71.0 Å². The number of piperazine rings is 1. The van der Waals surface area contributed by atoms with Crippen molar-refractivity contribution in [1.82, 2.24) is 14.6 Å². The molecule has 4 rings (SSSR count). The van der Waals surface area contributed by atoms with Crippen LogP contribution in [0.1, 0.15) is 0 Å². The standard InChI is InChI=1S/C18H21FN4OS2.C8H14O3/c19-26(24,23-12-10-20-11-13-23)16-6-4-15(5-7-16)25-22-17-3-1-2-14-8-9-21-18(14)17;1-3-4-10-7-8-11-6-5-9-2/h1-9,20-22,24H,10-13H2;1H,4-8H2,2H3. The molecule has 1 atom stereocenters. The van der Waals surface area contributed by atoms with Crippen LogP contribution in [-0.2, 0) is 14.2 Å². The monoisotopic (exact) mass is 550 g/mol. The highest BCUT2D eigenvalue weighted by molar-refractivity contribution is 8.22. The minimum absolute atomic E-state index is 0.343. The fourth-order valence-corrected chi connectivity index (χ4v) is 5.61. The number of terminal acetylenes is 1. The number of nitrogens with one attached hydrogen (secondary N) is 3. The van der Waals surface area contributed by atoms with Crippen LogP contribution in [0.25, 0.3) is 10.9 Å². The average Bonchev–Trinajstić information content (AvgIpc) is 3.42. The maximum atomic E-state index is 14.9. The highest BCUT2D eigenvalue weighted by Crippen LogP contribution is 2.56. The number of anilines is 1. The SMILES string of the molecule is C#CCOCCOCCOC.OS(F)(c1ccc(SNc2cccc3cc[nH]c23)cc1)N1CCNCC1. The van der Waals surface area contributed by atoms with Gasteiger partial charge >= 0.3 is 0 Å². The van der Waals surface area contributed by atoms with Gasteiger partial charge in [-0.3, -0.25) is 0 Å². The summed E-state index contributed by atoms with van der Waals surface area (Å²) < 4.78 is 45.0. The van der Waals surface area contributed by atoms with E-state index in [0.717, 1.165) is 21.5 Å². The van der Waals surface area contributed by atoms with E-state index in [9.17, 15) is 8.44 Å². The quantitative estimate of drug-likeness (QED) is 0.143. The number of nitrogens with zero attached hydrogens (tertiary/aromatic N) is 1. The predicted octanol–water partition coefficient (Wildman–Crippen LogP) is 4.93. The number of rotatable bonds is 12. The second kappa shape index (κ2) is 15.9. The number of methoxy groups -OCH3 is 1. The normalized spacial score (nSPS) is 16.3. The zero-order chi connectivity index (χ0) is 26.3. The van der Waals surface area contributed by atoms with Crippen LogP contribution in [0, 0.1) is 12.3 Å². The third kappa shape index (κ3) is 9.21. The smallest absolute Gasteiger partial charge is 0.107 e. The number of hydrogen-bond acceptors (Lipinski definition) is 8. The third-order valence-electron chi connectivity index (χ3n) is 5.40. The van der Waals surface area contributed by atoms with Crippen LogP contribution < -0.4 is 10.0 Å². The van der Waals surface area contributed by atoms with E-state index in [1.54, 1.807) is 19.2 Å². The number of halogens is 1. The van der Waals surface area contributed by atoms with E-state index in [2.05, 4.69) is 27.0 Å². The third-order valence-corrected chi connectivity index (χ3v) is 8.15. The van der Waals surface area contributed by atoms with Gasteiger partial charge in [0.05, 0.1) is 42.5 Å². The van der Waals surface area contributed by atoms with Crippen molar-refractivity contribution in [3.8, 4) is 12.3 Å². The summed E-state index contributed by atoms with van der Waals surface area (Å²) in [5.41, 5.74) is 2.05. The van der Waals surface area contributed by atoms with Crippen molar-refractivity contribution < 1.29 is 22.6 Å².